The van der Waals surface area contributed by atoms with Crippen molar-refractivity contribution in [2.75, 3.05) is 32.3 Å². The van der Waals surface area contributed by atoms with Gasteiger partial charge in [0.2, 0.25) is 0 Å². The lowest BCUT2D eigenvalue weighted by Crippen LogP contribution is -3.09. The molecule has 4 amide bonds. The lowest BCUT2D eigenvalue weighted by molar-refractivity contribution is -0.901. The standard InChI is InChI=1S/C22H25N3O5/c1-5-30-18-11-8-16(12-19(18)29-4)13-23(3)14-24-20(26)21(27)25(22(24)28)17-9-6-15(2)7-10-17/h6-12H,5,13-14H2,1-4H3/p+1. The van der Waals surface area contributed by atoms with Crippen LogP contribution >= 0.6 is 0 Å². The molecule has 0 radical (unpaired) electrons. The molecule has 2 aromatic rings. The van der Waals surface area contributed by atoms with E-state index >= 15 is 0 Å². The van der Waals surface area contributed by atoms with Crippen LogP contribution in [0.5, 0.6) is 11.5 Å². The monoisotopic (exact) mass is 412 g/mol. The number of aryl methyl sites for hydroxylation is 1. The minimum atomic E-state index is -0.834. The molecule has 0 aromatic heterocycles. The Morgan fingerprint density at radius 2 is 1.67 bits per heavy atom. The number of carbonyl (C=O) groups excluding carboxylic acids is 3. The number of rotatable bonds is 8. The SMILES string of the molecule is CCOc1ccc(C[NH+](C)CN2C(=O)C(=O)N(c3ccc(C)cc3)C2=O)cc1OC. The summed E-state index contributed by atoms with van der Waals surface area (Å²) in [5.41, 5.74) is 2.34. The molecule has 1 aliphatic rings. The number of carbonyl (C=O) groups is 3. The fraction of sp³-hybridized carbons (Fsp3) is 0.318. The molecule has 1 fully saturated rings. The summed E-state index contributed by atoms with van der Waals surface area (Å²) in [5, 5.41) is 0. The molecule has 1 aliphatic heterocycles. The van der Waals surface area contributed by atoms with Crippen LogP contribution in [0.25, 0.3) is 0 Å². The summed E-state index contributed by atoms with van der Waals surface area (Å²) < 4.78 is 10.9. The lowest BCUT2D eigenvalue weighted by atomic mass is 10.2. The third-order valence-corrected chi connectivity index (χ3v) is 4.81. The smallest absolute Gasteiger partial charge is 0.343 e. The second kappa shape index (κ2) is 8.96. The normalized spacial score (nSPS) is 15.0. The van der Waals surface area contributed by atoms with Gasteiger partial charge in [-0.25, -0.2) is 14.6 Å². The number of quaternary nitrogens is 1. The number of benzene rings is 2. The molecule has 3 rings (SSSR count). The van der Waals surface area contributed by atoms with E-state index in [1.807, 2.05) is 39.1 Å². The van der Waals surface area contributed by atoms with Gasteiger partial charge in [-0.05, 0) is 44.2 Å². The first-order chi connectivity index (χ1) is 14.3. The van der Waals surface area contributed by atoms with Gasteiger partial charge in [-0.2, -0.15) is 0 Å². The predicted octanol–water partition coefficient (Wildman–Crippen LogP) is 1.37. The van der Waals surface area contributed by atoms with Crippen molar-refractivity contribution >= 4 is 23.5 Å². The van der Waals surface area contributed by atoms with E-state index in [9.17, 15) is 14.4 Å². The minimum absolute atomic E-state index is 0.0707. The maximum atomic E-state index is 12.8. The lowest BCUT2D eigenvalue weighted by Gasteiger charge is -2.20. The van der Waals surface area contributed by atoms with Crippen LogP contribution in [0.1, 0.15) is 18.1 Å². The summed E-state index contributed by atoms with van der Waals surface area (Å²) >= 11 is 0. The van der Waals surface area contributed by atoms with E-state index in [0.717, 1.165) is 25.8 Å². The Morgan fingerprint density at radius 3 is 2.30 bits per heavy atom. The molecule has 30 heavy (non-hydrogen) atoms. The summed E-state index contributed by atoms with van der Waals surface area (Å²) in [6.45, 7) is 4.94. The van der Waals surface area contributed by atoms with Gasteiger partial charge in [-0.3, -0.25) is 9.59 Å². The van der Waals surface area contributed by atoms with Crippen molar-refractivity contribution in [1.29, 1.82) is 0 Å². The van der Waals surface area contributed by atoms with E-state index in [0.29, 0.717) is 30.3 Å². The molecule has 1 saturated heterocycles. The Morgan fingerprint density at radius 1 is 0.967 bits per heavy atom. The van der Waals surface area contributed by atoms with Crippen LogP contribution in [-0.2, 0) is 16.1 Å². The predicted molar refractivity (Wildman–Crippen MR) is 111 cm³/mol. The Balaban J connectivity index is 1.71. The van der Waals surface area contributed by atoms with Gasteiger partial charge in [-0.15, -0.1) is 0 Å². The van der Waals surface area contributed by atoms with E-state index in [-0.39, 0.29) is 6.67 Å². The summed E-state index contributed by atoms with van der Waals surface area (Å²) in [6, 6.07) is 11.9. The Hall–Kier alpha value is -3.39. The summed E-state index contributed by atoms with van der Waals surface area (Å²) in [4.78, 5) is 40.4. The van der Waals surface area contributed by atoms with Gasteiger partial charge >= 0.3 is 17.8 Å². The average molecular weight is 412 g/mol. The fourth-order valence-corrected chi connectivity index (χ4v) is 3.34. The number of nitrogens with one attached hydrogen (secondary N) is 1. The zero-order chi connectivity index (χ0) is 21.8. The Bertz CT molecular complexity index is 958. The van der Waals surface area contributed by atoms with Crippen LogP contribution in [-0.4, -0.2) is 50.2 Å². The molecule has 1 heterocycles. The minimum Gasteiger partial charge on any atom is -0.493 e. The molecule has 1 atom stereocenters. The van der Waals surface area contributed by atoms with Gasteiger partial charge in [0.15, 0.2) is 18.2 Å². The number of hydrogen-bond donors (Lipinski definition) is 1. The van der Waals surface area contributed by atoms with Gasteiger partial charge in [0, 0.05) is 5.56 Å². The van der Waals surface area contributed by atoms with Crippen molar-refractivity contribution in [2.24, 2.45) is 0 Å². The highest BCUT2D eigenvalue weighted by Gasteiger charge is 2.46. The van der Waals surface area contributed by atoms with E-state index in [1.165, 1.54) is 0 Å². The van der Waals surface area contributed by atoms with E-state index in [2.05, 4.69) is 0 Å². The van der Waals surface area contributed by atoms with Gasteiger partial charge in [0.25, 0.3) is 0 Å². The molecular weight excluding hydrogens is 386 g/mol. The van der Waals surface area contributed by atoms with Gasteiger partial charge < -0.3 is 14.4 Å². The number of amides is 4. The van der Waals surface area contributed by atoms with Crippen LogP contribution in [0.15, 0.2) is 42.5 Å². The number of hydrogen-bond acceptors (Lipinski definition) is 5. The molecular formula is C22H26N3O5+. The van der Waals surface area contributed by atoms with Crippen LogP contribution in [0, 0.1) is 6.92 Å². The first-order valence-corrected chi connectivity index (χ1v) is 9.73. The highest BCUT2D eigenvalue weighted by molar-refractivity contribution is 6.52. The summed E-state index contributed by atoms with van der Waals surface area (Å²) in [7, 11) is 3.42. The van der Waals surface area contributed by atoms with Crippen LogP contribution in [0.3, 0.4) is 0 Å². The molecule has 1 N–H and O–H groups in total. The number of anilines is 1. The maximum Gasteiger partial charge on any atom is 0.343 e. The second-order valence-corrected chi connectivity index (χ2v) is 7.20. The molecule has 8 nitrogen and oxygen atoms in total. The molecule has 2 aromatic carbocycles. The maximum absolute atomic E-state index is 12.8. The van der Waals surface area contributed by atoms with Crippen molar-refractivity contribution in [2.45, 2.75) is 20.4 Å². The van der Waals surface area contributed by atoms with Crippen molar-refractivity contribution < 1.29 is 28.8 Å². The Kier molecular flexibility index (Phi) is 6.37. The molecule has 0 aliphatic carbocycles. The summed E-state index contributed by atoms with van der Waals surface area (Å²) in [5.74, 6) is -0.370. The molecule has 158 valence electrons. The van der Waals surface area contributed by atoms with E-state index < -0.39 is 17.8 Å². The zero-order valence-corrected chi connectivity index (χ0v) is 17.6. The topological polar surface area (TPSA) is 80.6 Å². The van der Waals surface area contributed by atoms with Gasteiger partial charge in [0.05, 0.1) is 26.5 Å². The van der Waals surface area contributed by atoms with Gasteiger partial charge in [0.1, 0.15) is 6.54 Å². The van der Waals surface area contributed by atoms with Crippen molar-refractivity contribution in [3.63, 3.8) is 0 Å². The zero-order valence-electron chi connectivity index (χ0n) is 17.6. The van der Waals surface area contributed by atoms with Crippen molar-refractivity contribution in [1.82, 2.24) is 4.90 Å². The van der Waals surface area contributed by atoms with E-state index in [1.54, 1.807) is 31.4 Å². The number of ether oxygens (including phenoxy) is 2. The van der Waals surface area contributed by atoms with Crippen molar-refractivity contribution in [3.8, 4) is 11.5 Å². The molecule has 1 unspecified atom stereocenters. The third kappa shape index (κ3) is 4.28. The number of methoxy groups -OCH3 is 1. The van der Waals surface area contributed by atoms with Crippen LogP contribution in [0.2, 0.25) is 0 Å². The third-order valence-electron chi connectivity index (χ3n) is 4.81. The number of imide groups is 2. The molecule has 0 spiro atoms. The number of nitrogens with zero attached hydrogens (tertiary/aromatic N) is 2. The first kappa shape index (κ1) is 21.3. The second-order valence-electron chi connectivity index (χ2n) is 7.20. The first-order valence-electron chi connectivity index (χ1n) is 9.73. The Labute approximate surface area is 175 Å². The van der Waals surface area contributed by atoms with E-state index in [4.69, 9.17) is 9.47 Å². The average Bonchev–Trinajstić information content (AvgIpc) is 2.93. The highest BCUT2D eigenvalue weighted by Crippen LogP contribution is 2.28. The quantitative estimate of drug-likeness (QED) is 0.523. The number of urea groups is 1. The van der Waals surface area contributed by atoms with Crippen LogP contribution in [0.4, 0.5) is 10.5 Å². The molecule has 0 bridgehead atoms. The summed E-state index contributed by atoms with van der Waals surface area (Å²) in [6.07, 6.45) is 0. The van der Waals surface area contributed by atoms with Crippen molar-refractivity contribution in [3.05, 3.63) is 53.6 Å². The van der Waals surface area contributed by atoms with Crippen LogP contribution < -0.4 is 19.3 Å². The molecule has 8 heteroatoms. The fourth-order valence-electron chi connectivity index (χ4n) is 3.34. The molecule has 0 saturated carbocycles. The highest BCUT2D eigenvalue weighted by atomic mass is 16.5. The van der Waals surface area contributed by atoms with Gasteiger partial charge in [-0.1, -0.05) is 17.7 Å². The largest absolute Gasteiger partial charge is 0.493 e.